The molecule has 3 aliphatic rings. The molecule has 1 saturated heterocycles. The molecule has 0 radical (unpaired) electrons. The van der Waals surface area contributed by atoms with Crippen molar-refractivity contribution in [3.63, 3.8) is 0 Å². The van der Waals surface area contributed by atoms with E-state index in [0.717, 1.165) is 43.5 Å². The molecule has 0 aromatic carbocycles. The minimum absolute atomic E-state index is 0.0882. The SMILES string of the molecule is O=C(NCCN1CCOCC1)C1=Cc2sc3c(c2CS1)CCCC3. The third kappa shape index (κ3) is 3.57. The van der Waals surface area contributed by atoms with Gasteiger partial charge in [-0.2, -0.15) is 0 Å². The minimum Gasteiger partial charge on any atom is -0.379 e. The maximum absolute atomic E-state index is 12.5. The van der Waals surface area contributed by atoms with Crippen molar-refractivity contribution in [3.05, 3.63) is 25.8 Å². The molecule has 130 valence electrons. The Bertz CT molecular complexity index is 648. The molecule has 1 aliphatic carbocycles. The summed E-state index contributed by atoms with van der Waals surface area (Å²) < 4.78 is 5.35. The van der Waals surface area contributed by atoms with Gasteiger partial charge >= 0.3 is 0 Å². The van der Waals surface area contributed by atoms with Crippen molar-refractivity contribution in [2.75, 3.05) is 39.4 Å². The second-order valence-electron chi connectivity index (χ2n) is 6.56. The van der Waals surface area contributed by atoms with Crippen molar-refractivity contribution in [2.24, 2.45) is 0 Å². The molecular weight excluding hydrogens is 340 g/mol. The molecule has 0 atom stereocenters. The minimum atomic E-state index is 0.0882. The molecule has 0 spiro atoms. The highest BCUT2D eigenvalue weighted by molar-refractivity contribution is 8.03. The average Bonchev–Trinajstić information content (AvgIpc) is 3.00. The van der Waals surface area contributed by atoms with Crippen LogP contribution in [0.4, 0.5) is 0 Å². The van der Waals surface area contributed by atoms with Gasteiger partial charge in [0.05, 0.1) is 18.1 Å². The molecule has 1 amide bonds. The topological polar surface area (TPSA) is 41.6 Å². The van der Waals surface area contributed by atoms with E-state index in [1.807, 2.05) is 11.3 Å². The first-order valence-corrected chi connectivity index (χ1v) is 10.7. The van der Waals surface area contributed by atoms with E-state index in [4.69, 9.17) is 4.74 Å². The fraction of sp³-hybridized carbons (Fsp3) is 0.611. The zero-order valence-corrected chi connectivity index (χ0v) is 15.6. The van der Waals surface area contributed by atoms with Crippen LogP contribution in [0.15, 0.2) is 4.91 Å². The summed E-state index contributed by atoms with van der Waals surface area (Å²) >= 11 is 3.61. The number of hydrogen-bond acceptors (Lipinski definition) is 5. The summed E-state index contributed by atoms with van der Waals surface area (Å²) in [4.78, 5) is 18.6. The molecule has 0 unspecified atom stereocenters. The Hall–Kier alpha value is -0.820. The van der Waals surface area contributed by atoms with Gasteiger partial charge < -0.3 is 10.1 Å². The van der Waals surface area contributed by atoms with Crippen molar-refractivity contribution in [3.8, 4) is 0 Å². The van der Waals surface area contributed by atoms with Gasteiger partial charge in [0.1, 0.15) is 0 Å². The molecule has 4 rings (SSSR count). The number of hydrogen-bond donors (Lipinski definition) is 1. The van der Waals surface area contributed by atoms with Crippen molar-refractivity contribution in [1.82, 2.24) is 10.2 Å². The van der Waals surface area contributed by atoms with Crippen LogP contribution in [0.3, 0.4) is 0 Å². The maximum atomic E-state index is 12.5. The van der Waals surface area contributed by atoms with Crippen LogP contribution < -0.4 is 5.32 Å². The molecule has 0 bridgehead atoms. The number of nitrogens with one attached hydrogen (secondary N) is 1. The first-order chi connectivity index (χ1) is 11.8. The highest BCUT2D eigenvalue weighted by Gasteiger charge is 2.25. The second-order valence-corrected chi connectivity index (χ2v) is 8.71. The van der Waals surface area contributed by atoms with Crippen LogP contribution in [0, 0.1) is 0 Å². The second kappa shape index (κ2) is 7.60. The molecule has 1 fully saturated rings. The fourth-order valence-corrected chi connectivity index (χ4v) is 6.16. The van der Waals surface area contributed by atoms with Gasteiger partial charge in [-0.15, -0.1) is 23.1 Å². The lowest BCUT2D eigenvalue weighted by Gasteiger charge is -2.26. The Kier molecular flexibility index (Phi) is 5.27. The summed E-state index contributed by atoms with van der Waals surface area (Å²) in [5, 5.41) is 3.09. The Morgan fingerprint density at radius 2 is 2.04 bits per heavy atom. The molecule has 3 heterocycles. The standard InChI is InChI=1S/C18H24N2O2S2/c21-18(19-5-6-20-7-9-22-10-8-20)17-11-16-14(12-23-17)13-3-1-2-4-15(13)24-16/h11H,1-10,12H2,(H,19,21). The smallest absolute Gasteiger partial charge is 0.257 e. The van der Waals surface area contributed by atoms with Gasteiger partial charge in [0.15, 0.2) is 0 Å². The number of rotatable bonds is 4. The van der Waals surface area contributed by atoms with Crippen molar-refractivity contribution >= 4 is 35.1 Å². The number of ether oxygens (including phenoxy) is 1. The Morgan fingerprint density at radius 3 is 2.92 bits per heavy atom. The van der Waals surface area contributed by atoms with Crippen LogP contribution in [0.2, 0.25) is 0 Å². The number of thiophene rings is 1. The first kappa shape index (κ1) is 16.6. The van der Waals surface area contributed by atoms with E-state index >= 15 is 0 Å². The fourth-order valence-electron chi connectivity index (χ4n) is 3.61. The van der Waals surface area contributed by atoms with Crippen molar-refractivity contribution in [1.29, 1.82) is 0 Å². The van der Waals surface area contributed by atoms with E-state index in [0.29, 0.717) is 6.54 Å². The average molecular weight is 365 g/mol. The van der Waals surface area contributed by atoms with Crippen LogP contribution in [0.1, 0.15) is 33.7 Å². The van der Waals surface area contributed by atoms with E-state index in [2.05, 4.69) is 16.3 Å². The van der Waals surface area contributed by atoms with Gasteiger partial charge in [-0.05, 0) is 42.9 Å². The lowest BCUT2D eigenvalue weighted by molar-refractivity contribution is -0.116. The number of aryl methyl sites for hydroxylation is 1. The van der Waals surface area contributed by atoms with Gasteiger partial charge in [-0.1, -0.05) is 0 Å². The highest BCUT2D eigenvalue weighted by Crippen LogP contribution is 2.42. The van der Waals surface area contributed by atoms with Crippen LogP contribution in [0.25, 0.3) is 6.08 Å². The number of amides is 1. The molecule has 4 nitrogen and oxygen atoms in total. The largest absolute Gasteiger partial charge is 0.379 e. The highest BCUT2D eigenvalue weighted by atomic mass is 32.2. The van der Waals surface area contributed by atoms with E-state index in [9.17, 15) is 4.79 Å². The lowest BCUT2D eigenvalue weighted by atomic mass is 9.95. The summed E-state index contributed by atoms with van der Waals surface area (Å²) in [6.07, 6.45) is 7.22. The van der Waals surface area contributed by atoms with Crippen LogP contribution in [-0.2, 0) is 28.1 Å². The first-order valence-electron chi connectivity index (χ1n) is 8.87. The van der Waals surface area contributed by atoms with Crippen LogP contribution >= 0.6 is 23.1 Å². The number of carbonyl (C=O) groups excluding carboxylic acids is 1. The summed E-state index contributed by atoms with van der Waals surface area (Å²) in [6.45, 7) is 5.17. The number of carbonyl (C=O) groups is 1. The van der Waals surface area contributed by atoms with Crippen LogP contribution in [0.5, 0.6) is 0 Å². The van der Waals surface area contributed by atoms with E-state index in [1.165, 1.54) is 36.1 Å². The monoisotopic (exact) mass is 364 g/mol. The normalized spacial score (nSPS) is 20.9. The number of fused-ring (bicyclic) bond motifs is 3. The predicted octanol–water partition coefficient (Wildman–Crippen LogP) is 2.66. The third-order valence-corrected chi connectivity index (χ3v) is 7.32. The molecule has 2 aliphatic heterocycles. The van der Waals surface area contributed by atoms with Gasteiger partial charge in [0.2, 0.25) is 0 Å². The predicted molar refractivity (Wildman–Crippen MR) is 101 cm³/mol. The third-order valence-electron chi connectivity index (χ3n) is 4.99. The quantitative estimate of drug-likeness (QED) is 0.892. The molecule has 1 N–H and O–H groups in total. The summed E-state index contributed by atoms with van der Waals surface area (Å²) in [5.74, 6) is 1.05. The summed E-state index contributed by atoms with van der Waals surface area (Å²) in [7, 11) is 0. The number of morpholine rings is 1. The molecule has 1 aromatic rings. The molecule has 0 saturated carbocycles. The van der Waals surface area contributed by atoms with Gasteiger partial charge in [-0.25, -0.2) is 0 Å². The summed E-state index contributed by atoms with van der Waals surface area (Å²) in [6, 6.07) is 0. The maximum Gasteiger partial charge on any atom is 0.257 e. The van der Waals surface area contributed by atoms with Gasteiger partial charge in [0, 0.05) is 41.7 Å². The van der Waals surface area contributed by atoms with Crippen molar-refractivity contribution in [2.45, 2.75) is 31.4 Å². The van der Waals surface area contributed by atoms with Crippen molar-refractivity contribution < 1.29 is 9.53 Å². The van der Waals surface area contributed by atoms with Gasteiger partial charge in [0.25, 0.3) is 5.91 Å². The summed E-state index contributed by atoms with van der Waals surface area (Å²) in [5.41, 5.74) is 3.10. The molecular formula is C18H24N2O2S2. The zero-order valence-electron chi connectivity index (χ0n) is 13.9. The molecule has 1 aromatic heterocycles. The number of nitrogens with zero attached hydrogens (tertiary/aromatic N) is 1. The lowest BCUT2D eigenvalue weighted by Crippen LogP contribution is -2.41. The zero-order chi connectivity index (χ0) is 16.4. The Morgan fingerprint density at radius 1 is 1.21 bits per heavy atom. The number of thioether (sulfide) groups is 1. The Balaban J connectivity index is 1.36. The molecule has 24 heavy (non-hydrogen) atoms. The van der Waals surface area contributed by atoms with E-state index in [-0.39, 0.29) is 5.91 Å². The molecule has 6 heteroatoms. The Labute approximate surface area is 151 Å². The van der Waals surface area contributed by atoms with E-state index < -0.39 is 0 Å². The van der Waals surface area contributed by atoms with Gasteiger partial charge in [-0.3, -0.25) is 9.69 Å². The van der Waals surface area contributed by atoms with E-state index in [1.54, 1.807) is 22.2 Å². The van der Waals surface area contributed by atoms with Crippen LogP contribution in [-0.4, -0.2) is 50.2 Å².